The Morgan fingerprint density at radius 1 is 1.47 bits per heavy atom. The highest BCUT2D eigenvalue weighted by molar-refractivity contribution is 5.78. The van der Waals surface area contributed by atoms with E-state index in [1.165, 1.54) is 11.1 Å². The maximum Gasteiger partial charge on any atom is 0.238 e. The highest BCUT2D eigenvalue weighted by Crippen LogP contribution is 2.32. The van der Waals surface area contributed by atoms with Crippen LogP contribution < -0.4 is 5.73 Å². The molecule has 17 heavy (non-hydrogen) atoms. The van der Waals surface area contributed by atoms with E-state index in [4.69, 9.17) is 5.73 Å². The molecule has 1 aromatic rings. The molecule has 5 heteroatoms. The maximum atomic E-state index is 13.7. The average Bonchev–Trinajstić information content (AvgIpc) is 2.58. The Labute approximate surface area is 99.8 Å². The van der Waals surface area contributed by atoms with Crippen molar-refractivity contribution in [3.8, 4) is 0 Å². The molecule has 1 heterocycles. The Hall–Kier alpha value is -1.46. The molecule has 1 fully saturated rings. The van der Waals surface area contributed by atoms with Gasteiger partial charge in [-0.1, -0.05) is 18.2 Å². The van der Waals surface area contributed by atoms with Crippen molar-refractivity contribution < 1.29 is 9.18 Å². The number of rotatable bonds is 3. The summed E-state index contributed by atoms with van der Waals surface area (Å²) < 4.78 is 13.7. The molecule has 0 saturated carbocycles. The standard InChI is InChI=1S/C12H16FN3O/c1-15-12(17)8-11(16(15)7-6-14)9-4-2-3-5-10(9)13/h2-5,11H,6-8,14H2,1H3. The molecule has 1 amide bonds. The molecule has 0 aliphatic carbocycles. The van der Waals surface area contributed by atoms with Crippen LogP contribution in [0.25, 0.3) is 0 Å². The van der Waals surface area contributed by atoms with Crippen molar-refractivity contribution in [2.24, 2.45) is 5.73 Å². The van der Waals surface area contributed by atoms with E-state index in [-0.39, 0.29) is 17.8 Å². The van der Waals surface area contributed by atoms with Crippen LogP contribution in [0.4, 0.5) is 4.39 Å². The third-order valence-electron chi connectivity index (χ3n) is 3.10. The Morgan fingerprint density at radius 2 is 2.18 bits per heavy atom. The number of amides is 1. The number of carbonyl (C=O) groups is 1. The minimum atomic E-state index is -0.275. The van der Waals surface area contributed by atoms with Gasteiger partial charge in [0.25, 0.3) is 0 Å². The number of hydrogen-bond acceptors (Lipinski definition) is 3. The predicted octanol–water partition coefficient (Wildman–Crippen LogP) is 0.905. The highest BCUT2D eigenvalue weighted by Gasteiger charge is 2.36. The molecule has 92 valence electrons. The zero-order valence-electron chi connectivity index (χ0n) is 9.77. The van der Waals surface area contributed by atoms with Crippen LogP contribution in [0.3, 0.4) is 0 Å². The molecule has 1 atom stereocenters. The van der Waals surface area contributed by atoms with Crippen molar-refractivity contribution in [2.75, 3.05) is 20.1 Å². The summed E-state index contributed by atoms with van der Waals surface area (Å²) in [7, 11) is 1.69. The lowest BCUT2D eigenvalue weighted by Gasteiger charge is -2.29. The van der Waals surface area contributed by atoms with Crippen LogP contribution in [0.2, 0.25) is 0 Å². The van der Waals surface area contributed by atoms with Gasteiger partial charge in [0.05, 0.1) is 6.04 Å². The number of nitrogens with zero attached hydrogens (tertiary/aromatic N) is 2. The molecule has 0 radical (unpaired) electrons. The van der Waals surface area contributed by atoms with E-state index in [9.17, 15) is 9.18 Å². The maximum absolute atomic E-state index is 13.7. The molecule has 1 aromatic carbocycles. The summed E-state index contributed by atoms with van der Waals surface area (Å²) in [5.41, 5.74) is 6.08. The van der Waals surface area contributed by atoms with Gasteiger partial charge in [0.15, 0.2) is 0 Å². The van der Waals surface area contributed by atoms with Crippen LogP contribution in [0.1, 0.15) is 18.0 Å². The summed E-state index contributed by atoms with van der Waals surface area (Å²) in [5.74, 6) is -0.283. The molecule has 0 bridgehead atoms. The second-order valence-corrected chi connectivity index (χ2v) is 4.11. The van der Waals surface area contributed by atoms with Gasteiger partial charge in [-0.05, 0) is 6.07 Å². The predicted molar refractivity (Wildman–Crippen MR) is 62.3 cm³/mol. The van der Waals surface area contributed by atoms with E-state index in [0.717, 1.165) is 0 Å². The van der Waals surface area contributed by atoms with Gasteiger partial charge in [-0.15, -0.1) is 0 Å². The monoisotopic (exact) mass is 237 g/mol. The first-order chi connectivity index (χ1) is 8.15. The second-order valence-electron chi connectivity index (χ2n) is 4.11. The normalized spacial score (nSPS) is 21.2. The van der Waals surface area contributed by atoms with Gasteiger partial charge in [0.2, 0.25) is 5.91 Å². The lowest BCUT2D eigenvalue weighted by atomic mass is 10.0. The fourth-order valence-electron chi connectivity index (χ4n) is 2.21. The van der Waals surface area contributed by atoms with Crippen LogP contribution in [0, 0.1) is 5.82 Å². The van der Waals surface area contributed by atoms with E-state index in [1.54, 1.807) is 25.2 Å². The van der Waals surface area contributed by atoms with Crippen molar-refractivity contribution in [3.05, 3.63) is 35.6 Å². The van der Waals surface area contributed by atoms with Gasteiger partial charge in [-0.25, -0.2) is 9.40 Å². The quantitative estimate of drug-likeness (QED) is 0.850. The summed E-state index contributed by atoms with van der Waals surface area (Å²) in [6.07, 6.45) is 0.303. The van der Waals surface area contributed by atoms with E-state index < -0.39 is 0 Å². The fraction of sp³-hybridized carbons (Fsp3) is 0.417. The van der Waals surface area contributed by atoms with Gasteiger partial charge >= 0.3 is 0 Å². The summed E-state index contributed by atoms with van der Waals surface area (Å²) in [6.45, 7) is 0.976. The Bertz CT molecular complexity index is 424. The second kappa shape index (κ2) is 4.81. The van der Waals surface area contributed by atoms with Crippen LogP contribution in [-0.4, -0.2) is 36.1 Å². The number of benzene rings is 1. The molecule has 1 aliphatic rings. The third kappa shape index (κ3) is 2.16. The van der Waals surface area contributed by atoms with E-state index >= 15 is 0 Å². The molecule has 0 aromatic heterocycles. The van der Waals surface area contributed by atoms with Crippen LogP contribution >= 0.6 is 0 Å². The fourth-order valence-corrected chi connectivity index (χ4v) is 2.21. The van der Waals surface area contributed by atoms with Crippen molar-refractivity contribution in [1.29, 1.82) is 0 Å². The van der Waals surface area contributed by atoms with Crippen molar-refractivity contribution in [2.45, 2.75) is 12.5 Å². The lowest BCUT2D eigenvalue weighted by Crippen LogP contribution is -2.40. The zero-order valence-corrected chi connectivity index (χ0v) is 9.77. The smallest absolute Gasteiger partial charge is 0.238 e. The minimum absolute atomic E-state index is 0.00768. The molecular weight excluding hydrogens is 221 g/mol. The van der Waals surface area contributed by atoms with Gasteiger partial charge in [0, 0.05) is 32.1 Å². The first-order valence-corrected chi connectivity index (χ1v) is 5.62. The Morgan fingerprint density at radius 3 is 2.82 bits per heavy atom. The topological polar surface area (TPSA) is 49.6 Å². The molecule has 4 nitrogen and oxygen atoms in total. The van der Waals surface area contributed by atoms with Crippen LogP contribution in [-0.2, 0) is 4.79 Å². The summed E-state index contributed by atoms with van der Waals surface area (Å²) in [5, 5.41) is 3.35. The number of halogens is 1. The molecule has 2 N–H and O–H groups in total. The van der Waals surface area contributed by atoms with E-state index in [0.29, 0.717) is 25.1 Å². The largest absolute Gasteiger partial charge is 0.329 e. The third-order valence-corrected chi connectivity index (χ3v) is 3.10. The van der Waals surface area contributed by atoms with Crippen LogP contribution in [0.5, 0.6) is 0 Å². The number of carbonyl (C=O) groups excluding carboxylic acids is 1. The first-order valence-electron chi connectivity index (χ1n) is 5.62. The SMILES string of the molecule is CN1C(=O)CC(c2ccccc2F)N1CCN. The van der Waals surface area contributed by atoms with Gasteiger partial charge < -0.3 is 5.73 Å². The zero-order chi connectivity index (χ0) is 12.4. The summed E-state index contributed by atoms with van der Waals surface area (Å²) in [6, 6.07) is 6.32. The van der Waals surface area contributed by atoms with Gasteiger partial charge in [-0.2, -0.15) is 0 Å². The Kier molecular flexibility index (Phi) is 3.40. The summed E-state index contributed by atoms with van der Waals surface area (Å²) >= 11 is 0. The number of hydrogen-bond donors (Lipinski definition) is 1. The van der Waals surface area contributed by atoms with E-state index in [1.807, 2.05) is 5.01 Å². The first kappa shape index (κ1) is 12.0. The summed E-state index contributed by atoms with van der Waals surface area (Å²) in [4.78, 5) is 11.7. The van der Waals surface area contributed by atoms with Crippen molar-refractivity contribution >= 4 is 5.91 Å². The van der Waals surface area contributed by atoms with Crippen molar-refractivity contribution in [1.82, 2.24) is 10.0 Å². The highest BCUT2D eigenvalue weighted by atomic mass is 19.1. The number of nitrogens with two attached hydrogens (primary N) is 1. The van der Waals surface area contributed by atoms with Crippen LogP contribution in [0.15, 0.2) is 24.3 Å². The molecule has 1 aliphatic heterocycles. The molecular formula is C12H16FN3O. The lowest BCUT2D eigenvalue weighted by molar-refractivity contribution is -0.135. The van der Waals surface area contributed by atoms with E-state index in [2.05, 4.69) is 0 Å². The van der Waals surface area contributed by atoms with Crippen molar-refractivity contribution in [3.63, 3.8) is 0 Å². The van der Waals surface area contributed by atoms with Gasteiger partial charge in [-0.3, -0.25) is 9.80 Å². The molecule has 1 unspecified atom stereocenters. The molecule has 2 rings (SSSR count). The Balaban J connectivity index is 2.31. The molecule has 1 saturated heterocycles. The number of hydrazine groups is 1. The molecule has 0 spiro atoms. The average molecular weight is 237 g/mol. The van der Waals surface area contributed by atoms with Gasteiger partial charge in [0.1, 0.15) is 5.82 Å². The minimum Gasteiger partial charge on any atom is -0.329 e.